The van der Waals surface area contributed by atoms with E-state index in [9.17, 15) is 22.4 Å². The van der Waals surface area contributed by atoms with Crippen molar-refractivity contribution >= 4 is 11.7 Å². The molecule has 0 bridgehead atoms. The number of benzene rings is 2. The predicted molar refractivity (Wildman–Crippen MR) is 93.8 cm³/mol. The van der Waals surface area contributed by atoms with Crippen LogP contribution >= 0.6 is 0 Å². The van der Waals surface area contributed by atoms with Crippen LogP contribution in [0.1, 0.15) is 11.3 Å². The molecule has 28 heavy (non-hydrogen) atoms. The van der Waals surface area contributed by atoms with E-state index in [-0.39, 0.29) is 17.3 Å². The molecule has 1 aromatic heterocycles. The van der Waals surface area contributed by atoms with Crippen LogP contribution in [0.3, 0.4) is 0 Å². The highest BCUT2D eigenvalue weighted by Gasteiger charge is 2.34. The van der Waals surface area contributed by atoms with Crippen molar-refractivity contribution in [3.05, 3.63) is 71.7 Å². The summed E-state index contributed by atoms with van der Waals surface area (Å²) >= 11 is 0. The number of anilines is 1. The summed E-state index contributed by atoms with van der Waals surface area (Å²) in [5.74, 6) is -1.37. The van der Waals surface area contributed by atoms with Gasteiger partial charge in [0.15, 0.2) is 18.2 Å². The lowest BCUT2D eigenvalue weighted by Crippen LogP contribution is -2.22. The Hall–Kier alpha value is -3.36. The molecule has 0 unspecified atom stereocenters. The number of alkyl halides is 3. The number of aromatic nitrogens is 2. The SMILES string of the molecule is Cc1cc(NC(=O)COc2ccccc2F)n(-c2ccccc2C(F)(F)F)n1. The number of carbonyl (C=O) groups is 1. The fraction of sp³-hybridized carbons (Fsp3) is 0.158. The Morgan fingerprint density at radius 2 is 1.82 bits per heavy atom. The maximum absolute atomic E-state index is 13.5. The second-order valence-corrected chi connectivity index (χ2v) is 5.86. The van der Waals surface area contributed by atoms with Crippen molar-refractivity contribution < 1.29 is 27.1 Å². The smallest absolute Gasteiger partial charge is 0.418 e. The fourth-order valence-electron chi connectivity index (χ4n) is 2.55. The van der Waals surface area contributed by atoms with Crippen LogP contribution in [0.4, 0.5) is 23.4 Å². The van der Waals surface area contributed by atoms with Crippen molar-refractivity contribution in [3.8, 4) is 11.4 Å². The zero-order chi connectivity index (χ0) is 20.3. The summed E-state index contributed by atoms with van der Waals surface area (Å²) in [5, 5.41) is 6.49. The first-order chi connectivity index (χ1) is 13.3. The first-order valence-electron chi connectivity index (χ1n) is 8.16. The zero-order valence-corrected chi connectivity index (χ0v) is 14.6. The van der Waals surface area contributed by atoms with Gasteiger partial charge in [-0.2, -0.15) is 18.3 Å². The molecule has 0 radical (unpaired) electrons. The number of halogens is 4. The molecule has 3 rings (SSSR count). The summed E-state index contributed by atoms with van der Waals surface area (Å²) in [4.78, 5) is 12.1. The molecule has 1 N–H and O–H groups in total. The maximum atomic E-state index is 13.5. The van der Waals surface area contributed by atoms with Gasteiger partial charge in [-0.15, -0.1) is 0 Å². The highest BCUT2D eigenvalue weighted by Crippen LogP contribution is 2.34. The minimum absolute atomic E-state index is 0.0383. The van der Waals surface area contributed by atoms with Gasteiger partial charge in [0.2, 0.25) is 0 Å². The van der Waals surface area contributed by atoms with Crippen LogP contribution in [-0.2, 0) is 11.0 Å². The van der Waals surface area contributed by atoms with E-state index in [2.05, 4.69) is 10.4 Å². The molecule has 2 aromatic carbocycles. The monoisotopic (exact) mass is 393 g/mol. The Balaban J connectivity index is 1.82. The lowest BCUT2D eigenvalue weighted by Gasteiger charge is -2.15. The van der Waals surface area contributed by atoms with Crippen LogP contribution in [0.15, 0.2) is 54.6 Å². The number of rotatable bonds is 5. The molecule has 0 aliphatic rings. The number of aryl methyl sites for hydroxylation is 1. The summed E-state index contributed by atoms with van der Waals surface area (Å²) in [6.45, 7) is 1.06. The molecular formula is C19H15F4N3O2. The van der Waals surface area contributed by atoms with E-state index in [0.717, 1.165) is 10.7 Å². The van der Waals surface area contributed by atoms with Crippen molar-refractivity contribution in [2.24, 2.45) is 0 Å². The average Bonchev–Trinajstić information content (AvgIpc) is 3.00. The minimum atomic E-state index is -4.59. The van der Waals surface area contributed by atoms with Crippen LogP contribution in [0.5, 0.6) is 5.75 Å². The quantitative estimate of drug-likeness (QED) is 0.656. The predicted octanol–water partition coefficient (Wildman–Crippen LogP) is 4.36. The summed E-state index contributed by atoms with van der Waals surface area (Å²) in [7, 11) is 0. The van der Waals surface area contributed by atoms with Gasteiger partial charge in [0.1, 0.15) is 5.82 Å². The van der Waals surface area contributed by atoms with E-state index >= 15 is 0 Å². The van der Waals surface area contributed by atoms with Gasteiger partial charge in [-0.05, 0) is 31.2 Å². The van der Waals surface area contributed by atoms with E-state index in [4.69, 9.17) is 4.74 Å². The van der Waals surface area contributed by atoms with E-state index in [0.29, 0.717) is 5.69 Å². The molecule has 0 aliphatic carbocycles. The molecule has 3 aromatic rings. The summed E-state index contributed by atoms with van der Waals surface area (Å²) in [5.41, 5.74) is -0.716. The first-order valence-corrected chi connectivity index (χ1v) is 8.16. The standard InChI is InChI=1S/C19H15F4N3O2/c1-12-10-17(24-18(27)11-28-16-9-5-3-7-14(16)20)26(25-12)15-8-4-2-6-13(15)19(21,22)23/h2-10H,11H2,1H3,(H,24,27). The highest BCUT2D eigenvalue weighted by atomic mass is 19.4. The van der Waals surface area contributed by atoms with Crippen LogP contribution < -0.4 is 10.1 Å². The largest absolute Gasteiger partial charge is 0.481 e. The molecule has 0 spiro atoms. The first kappa shape index (κ1) is 19.4. The van der Waals surface area contributed by atoms with Crippen molar-refractivity contribution in [2.75, 3.05) is 11.9 Å². The van der Waals surface area contributed by atoms with Gasteiger partial charge in [0.05, 0.1) is 16.9 Å². The summed E-state index contributed by atoms with van der Waals surface area (Å²) in [6, 6.07) is 11.9. The van der Waals surface area contributed by atoms with E-state index in [1.807, 2.05) is 0 Å². The molecule has 0 saturated heterocycles. The van der Waals surface area contributed by atoms with E-state index in [1.54, 1.807) is 13.0 Å². The number of nitrogens with zero attached hydrogens (tertiary/aromatic N) is 2. The van der Waals surface area contributed by atoms with Crippen molar-refractivity contribution in [1.29, 1.82) is 0 Å². The van der Waals surface area contributed by atoms with Crippen LogP contribution in [0.2, 0.25) is 0 Å². The molecule has 9 heteroatoms. The Labute approximate surface area is 157 Å². The lowest BCUT2D eigenvalue weighted by molar-refractivity contribution is -0.137. The maximum Gasteiger partial charge on any atom is 0.418 e. The van der Waals surface area contributed by atoms with Gasteiger partial charge in [-0.3, -0.25) is 4.79 Å². The Kier molecular flexibility index (Phi) is 5.34. The molecule has 0 fully saturated rings. The number of hydrogen-bond donors (Lipinski definition) is 1. The zero-order valence-electron chi connectivity index (χ0n) is 14.6. The topological polar surface area (TPSA) is 56.1 Å². The van der Waals surface area contributed by atoms with Crippen molar-refractivity contribution in [1.82, 2.24) is 9.78 Å². The van der Waals surface area contributed by atoms with Gasteiger partial charge < -0.3 is 10.1 Å². The minimum Gasteiger partial charge on any atom is -0.481 e. The number of para-hydroxylation sites is 2. The number of carbonyl (C=O) groups excluding carboxylic acids is 1. The Bertz CT molecular complexity index is 999. The highest BCUT2D eigenvalue weighted by molar-refractivity contribution is 5.91. The second kappa shape index (κ2) is 7.71. The fourth-order valence-corrected chi connectivity index (χ4v) is 2.55. The van der Waals surface area contributed by atoms with Gasteiger partial charge in [-0.1, -0.05) is 24.3 Å². The molecule has 0 aliphatic heterocycles. The number of ether oxygens (including phenoxy) is 1. The van der Waals surface area contributed by atoms with Crippen LogP contribution in [0.25, 0.3) is 5.69 Å². The van der Waals surface area contributed by atoms with Crippen molar-refractivity contribution in [3.63, 3.8) is 0 Å². The van der Waals surface area contributed by atoms with Crippen molar-refractivity contribution in [2.45, 2.75) is 13.1 Å². The third-order valence-electron chi connectivity index (χ3n) is 3.73. The Morgan fingerprint density at radius 1 is 1.14 bits per heavy atom. The second-order valence-electron chi connectivity index (χ2n) is 5.86. The third-order valence-corrected chi connectivity index (χ3v) is 3.73. The molecule has 1 amide bonds. The van der Waals surface area contributed by atoms with Gasteiger partial charge in [0.25, 0.3) is 5.91 Å². The summed E-state index contributed by atoms with van der Waals surface area (Å²) < 4.78 is 59.5. The third kappa shape index (κ3) is 4.30. The van der Waals surface area contributed by atoms with Crippen LogP contribution in [0, 0.1) is 12.7 Å². The molecule has 146 valence electrons. The van der Waals surface area contributed by atoms with Gasteiger partial charge in [-0.25, -0.2) is 9.07 Å². The van der Waals surface area contributed by atoms with E-state index < -0.39 is 30.1 Å². The molecule has 1 heterocycles. The molecule has 5 nitrogen and oxygen atoms in total. The lowest BCUT2D eigenvalue weighted by atomic mass is 10.1. The molecule has 0 atom stereocenters. The number of amides is 1. The van der Waals surface area contributed by atoms with Gasteiger partial charge in [0, 0.05) is 6.07 Å². The average molecular weight is 393 g/mol. The van der Waals surface area contributed by atoms with Gasteiger partial charge >= 0.3 is 6.18 Å². The number of hydrogen-bond acceptors (Lipinski definition) is 3. The van der Waals surface area contributed by atoms with E-state index in [1.165, 1.54) is 42.5 Å². The van der Waals surface area contributed by atoms with Crippen LogP contribution in [-0.4, -0.2) is 22.3 Å². The summed E-state index contributed by atoms with van der Waals surface area (Å²) in [6.07, 6.45) is -4.59. The Morgan fingerprint density at radius 3 is 2.54 bits per heavy atom. The molecule has 0 saturated carbocycles. The normalized spacial score (nSPS) is 11.3. The number of nitrogens with one attached hydrogen (secondary N) is 1. The molecular weight excluding hydrogens is 378 g/mol.